The molecule has 0 spiro atoms. The van der Waals surface area contributed by atoms with Crippen molar-refractivity contribution in [3.8, 4) is 0 Å². The molecule has 2 aliphatic carbocycles. The van der Waals surface area contributed by atoms with Gasteiger partial charge in [-0.25, -0.2) is 4.79 Å². The van der Waals surface area contributed by atoms with Gasteiger partial charge in [-0.3, -0.25) is 19.8 Å². The third-order valence-corrected chi connectivity index (χ3v) is 5.62. The maximum absolute atomic E-state index is 12.9. The first-order valence-electron chi connectivity index (χ1n) is 8.10. The van der Waals surface area contributed by atoms with Crippen molar-refractivity contribution in [2.45, 2.75) is 64.8 Å². The summed E-state index contributed by atoms with van der Waals surface area (Å²) in [7, 11) is 0. The smallest absolute Gasteiger partial charge is 0.277 e. The summed E-state index contributed by atoms with van der Waals surface area (Å²) < 4.78 is 0. The first-order valence-corrected chi connectivity index (χ1v) is 8.10. The van der Waals surface area contributed by atoms with Crippen LogP contribution in [-0.4, -0.2) is 28.8 Å². The van der Waals surface area contributed by atoms with Gasteiger partial charge in [-0.1, -0.05) is 33.1 Å². The first kappa shape index (κ1) is 14.5. The van der Waals surface area contributed by atoms with Crippen LogP contribution < -0.4 is 5.32 Å². The van der Waals surface area contributed by atoms with Gasteiger partial charge in [0.2, 0.25) is 11.8 Å². The van der Waals surface area contributed by atoms with Gasteiger partial charge < -0.3 is 0 Å². The van der Waals surface area contributed by atoms with E-state index in [-0.39, 0.29) is 29.2 Å². The Morgan fingerprint density at radius 1 is 1.05 bits per heavy atom. The van der Waals surface area contributed by atoms with Crippen molar-refractivity contribution in [1.82, 2.24) is 10.2 Å². The Bertz CT molecular complexity index is 480. The maximum atomic E-state index is 12.9. The third kappa shape index (κ3) is 2.36. The molecule has 4 amide bonds. The number of imide groups is 2. The second-order valence-corrected chi connectivity index (χ2v) is 7.42. The minimum absolute atomic E-state index is 0.0619. The van der Waals surface area contributed by atoms with Crippen molar-refractivity contribution >= 4 is 17.8 Å². The molecule has 3 fully saturated rings. The fraction of sp³-hybridized carbons (Fsp3) is 0.812. The van der Waals surface area contributed by atoms with E-state index in [9.17, 15) is 14.4 Å². The summed E-state index contributed by atoms with van der Waals surface area (Å²) in [5, 5.41) is 2.43. The molecule has 1 saturated heterocycles. The number of hydrogen-bond donors (Lipinski definition) is 1. The minimum atomic E-state index is -0.651. The van der Waals surface area contributed by atoms with Crippen LogP contribution in [0.5, 0.6) is 0 Å². The van der Waals surface area contributed by atoms with E-state index in [0.717, 1.165) is 44.9 Å². The van der Waals surface area contributed by atoms with Gasteiger partial charge in [0.1, 0.15) is 5.92 Å². The number of amides is 4. The fourth-order valence-electron chi connectivity index (χ4n) is 4.39. The molecule has 0 aromatic rings. The molecule has 2 unspecified atom stereocenters. The summed E-state index contributed by atoms with van der Waals surface area (Å²) in [6, 6.07) is -0.596. The predicted octanol–water partition coefficient (Wildman–Crippen LogP) is 2.45. The number of carbonyl (C=O) groups is 3. The lowest BCUT2D eigenvalue weighted by Crippen LogP contribution is -2.63. The fourth-order valence-corrected chi connectivity index (χ4v) is 4.39. The summed E-state index contributed by atoms with van der Waals surface area (Å²) in [6.45, 7) is 4.21. The van der Waals surface area contributed by atoms with Gasteiger partial charge in [0.25, 0.3) is 0 Å². The van der Waals surface area contributed by atoms with E-state index in [1.165, 1.54) is 4.90 Å². The van der Waals surface area contributed by atoms with Gasteiger partial charge in [0, 0.05) is 6.04 Å². The van der Waals surface area contributed by atoms with Crippen LogP contribution in [0.1, 0.15) is 58.8 Å². The van der Waals surface area contributed by atoms with E-state index in [0.29, 0.717) is 0 Å². The zero-order valence-electron chi connectivity index (χ0n) is 12.9. The number of carbonyl (C=O) groups excluding carboxylic acids is 3. The van der Waals surface area contributed by atoms with Crippen molar-refractivity contribution in [3.05, 3.63) is 0 Å². The molecule has 21 heavy (non-hydrogen) atoms. The number of nitrogens with one attached hydrogen (secondary N) is 1. The van der Waals surface area contributed by atoms with Gasteiger partial charge in [0.15, 0.2) is 0 Å². The molecule has 0 aromatic carbocycles. The topological polar surface area (TPSA) is 66.5 Å². The number of rotatable bonds is 2. The molecule has 0 radical (unpaired) electrons. The van der Waals surface area contributed by atoms with Gasteiger partial charge in [-0.2, -0.15) is 0 Å². The molecule has 0 bridgehead atoms. The molecule has 0 aromatic heterocycles. The normalized spacial score (nSPS) is 33.6. The van der Waals surface area contributed by atoms with E-state index in [1.807, 2.05) is 0 Å². The van der Waals surface area contributed by atoms with Crippen LogP contribution in [0.2, 0.25) is 0 Å². The highest BCUT2D eigenvalue weighted by atomic mass is 16.2. The molecule has 2 saturated carbocycles. The highest BCUT2D eigenvalue weighted by Crippen LogP contribution is 2.43. The van der Waals surface area contributed by atoms with Crippen LogP contribution in [-0.2, 0) is 9.59 Å². The van der Waals surface area contributed by atoms with Crippen molar-refractivity contribution < 1.29 is 14.4 Å². The van der Waals surface area contributed by atoms with Crippen LogP contribution in [0.4, 0.5) is 4.79 Å². The van der Waals surface area contributed by atoms with Crippen LogP contribution in [0, 0.1) is 17.3 Å². The quantitative estimate of drug-likeness (QED) is 0.795. The summed E-state index contributed by atoms with van der Waals surface area (Å²) in [5.74, 6) is -1.18. The summed E-state index contributed by atoms with van der Waals surface area (Å²) in [5.41, 5.74) is -0.0619. The Morgan fingerprint density at radius 3 is 2.29 bits per heavy atom. The van der Waals surface area contributed by atoms with Crippen LogP contribution in [0.25, 0.3) is 0 Å². The SMILES string of the molecule is CC1(C)CCCC1N1C(=O)NC(=O)C(C2CCCC2)C1=O. The molecule has 3 rings (SSSR count). The summed E-state index contributed by atoms with van der Waals surface area (Å²) in [6.07, 6.45) is 6.86. The lowest BCUT2D eigenvalue weighted by atomic mass is 9.83. The van der Waals surface area contributed by atoms with Gasteiger partial charge in [-0.05, 0) is 37.0 Å². The van der Waals surface area contributed by atoms with E-state index >= 15 is 0 Å². The number of barbiturate groups is 1. The van der Waals surface area contributed by atoms with E-state index in [2.05, 4.69) is 19.2 Å². The molecule has 1 heterocycles. The monoisotopic (exact) mass is 292 g/mol. The third-order valence-electron chi connectivity index (χ3n) is 5.62. The first-order chi connectivity index (χ1) is 9.92. The van der Waals surface area contributed by atoms with Crippen molar-refractivity contribution in [1.29, 1.82) is 0 Å². The molecule has 3 aliphatic rings. The molecule has 1 aliphatic heterocycles. The minimum Gasteiger partial charge on any atom is -0.277 e. The predicted molar refractivity (Wildman–Crippen MR) is 77.3 cm³/mol. The van der Waals surface area contributed by atoms with Crippen molar-refractivity contribution in [2.75, 3.05) is 0 Å². The van der Waals surface area contributed by atoms with Gasteiger partial charge in [0.05, 0.1) is 0 Å². The molecule has 116 valence electrons. The second-order valence-electron chi connectivity index (χ2n) is 7.42. The standard InChI is InChI=1S/C16H24N2O3/c1-16(2)9-5-8-11(16)18-14(20)12(10-6-3-4-7-10)13(19)17-15(18)21/h10-12H,3-9H2,1-2H3,(H,17,19,21). The number of hydrogen-bond acceptors (Lipinski definition) is 3. The zero-order chi connectivity index (χ0) is 15.2. The van der Waals surface area contributed by atoms with Gasteiger partial charge in [-0.15, -0.1) is 0 Å². The van der Waals surface area contributed by atoms with Crippen molar-refractivity contribution in [3.63, 3.8) is 0 Å². The summed E-state index contributed by atoms with van der Waals surface area (Å²) >= 11 is 0. The summed E-state index contributed by atoms with van der Waals surface area (Å²) in [4.78, 5) is 38.6. The van der Waals surface area contributed by atoms with E-state index in [4.69, 9.17) is 0 Å². The largest absolute Gasteiger partial charge is 0.331 e. The highest BCUT2D eigenvalue weighted by molar-refractivity contribution is 6.16. The Labute approximate surface area is 125 Å². The van der Waals surface area contributed by atoms with Crippen LogP contribution in [0.3, 0.4) is 0 Å². The Kier molecular flexibility index (Phi) is 3.54. The molecule has 5 nitrogen and oxygen atoms in total. The Morgan fingerprint density at radius 2 is 1.71 bits per heavy atom. The molecule has 5 heteroatoms. The maximum Gasteiger partial charge on any atom is 0.331 e. The number of nitrogens with zero attached hydrogens (tertiary/aromatic N) is 1. The molecule has 1 N–H and O–H groups in total. The lowest BCUT2D eigenvalue weighted by molar-refractivity contribution is -0.147. The average Bonchev–Trinajstić information content (AvgIpc) is 3.00. The van der Waals surface area contributed by atoms with E-state index < -0.39 is 11.9 Å². The van der Waals surface area contributed by atoms with Crippen LogP contribution in [0.15, 0.2) is 0 Å². The second kappa shape index (κ2) is 5.11. The van der Waals surface area contributed by atoms with Gasteiger partial charge >= 0.3 is 6.03 Å². The van der Waals surface area contributed by atoms with Crippen LogP contribution >= 0.6 is 0 Å². The number of urea groups is 1. The van der Waals surface area contributed by atoms with Crippen molar-refractivity contribution in [2.24, 2.45) is 17.3 Å². The lowest BCUT2D eigenvalue weighted by Gasteiger charge is -2.41. The Hall–Kier alpha value is -1.39. The molecule has 2 atom stereocenters. The highest BCUT2D eigenvalue weighted by Gasteiger charge is 2.51. The van der Waals surface area contributed by atoms with E-state index in [1.54, 1.807) is 0 Å². The molecular weight excluding hydrogens is 268 g/mol. The average molecular weight is 292 g/mol. The molecular formula is C16H24N2O3. The zero-order valence-corrected chi connectivity index (χ0v) is 12.9. The Balaban J connectivity index is 1.87.